The summed E-state index contributed by atoms with van der Waals surface area (Å²) in [6.45, 7) is 11.3. The van der Waals surface area contributed by atoms with Gasteiger partial charge in [0.25, 0.3) is 0 Å². The summed E-state index contributed by atoms with van der Waals surface area (Å²) in [4.78, 5) is 0. The summed E-state index contributed by atoms with van der Waals surface area (Å²) in [5.74, 6) is 3.67. The second-order valence-corrected chi connectivity index (χ2v) is 12.2. The van der Waals surface area contributed by atoms with Gasteiger partial charge in [0, 0.05) is 0 Å². The molecular formula is C33H54F2O. The Bertz CT molecular complexity index is 761. The summed E-state index contributed by atoms with van der Waals surface area (Å²) in [7, 11) is 0. The minimum Gasteiger partial charge on any atom is -0.491 e. The molecule has 0 aliphatic heterocycles. The molecule has 0 spiro atoms. The quantitative estimate of drug-likeness (QED) is 0.259. The summed E-state index contributed by atoms with van der Waals surface area (Å²) in [6, 6.07) is 3.37. The highest BCUT2D eigenvalue weighted by atomic mass is 19.2. The van der Waals surface area contributed by atoms with Crippen LogP contribution in [0.15, 0.2) is 12.1 Å². The lowest BCUT2D eigenvalue weighted by Gasteiger charge is -2.41. The molecule has 2 fully saturated rings. The minimum absolute atomic E-state index is 0.0293. The zero-order valence-corrected chi connectivity index (χ0v) is 24.0. The molecule has 0 radical (unpaired) electrons. The monoisotopic (exact) mass is 504 g/mol. The van der Waals surface area contributed by atoms with Gasteiger partial charge in [0.05, 0.1) is 6.61 Å². The maximum atomic E-state index is 15.0. The molecule has 1 aromatic rings. The number of hydrogen-bond donors (Lipinski definition) is 0. The van der Waals surface area contributed by atoms with E-state index in [-0.39, 0.29) is 11.7 Å². The third-order valence-corrected chi connectivity index (χ3v) is 10.2. The highest BCUT2D eigenvalue weighted by molar-refractivity contribution is 5.33. The fraction of sp³-hybridized carbons (Fsp3) is 0.818. The van der Waals surface area contributed by atoms with Gasteiger partial charge in [0.15, 0.2) is 11.6 Å². The van der Waals surface area contributed by atoms with Crippen molar-refractivity contribution in [3.05, 3.63) is 29.3 Å². The average molecular weight is 505 g/mol. The number of rotatable bonds is 13. The molecule has 3 heteroatoms. The first-order chi connectivity index (χ1) is 17.4. The van der Waals surface area contributed by atoms with Crippen LogP contribution >= 0.6 is 0 Å². The molecule has 206 valence electrons. The molecule has 0 aromatic heterocycles. The predicted octanol–water partition coefficient (Wildman–Crippen LogP) is 10.7. The van der Waals surface area contributed by atoms with Gasteiger partial charge in [-0.05, 0) is 118 Å². The van der Waals surface area contributed by atoms with Gasteiger partial charge in [-0.15, -0.1) is 0 Å². The highest BCUT2D eigenvalue weighted by Crippen LogP contribution is 2.46. The average Bonchev–Trinajstić information content (AvgIpc) is 2.90. The molecule has 2 aliphatic rings. The van der Waals surface area contributed by atoms with Crippen molar-refractivity contribution in [2.24, 2.45) is 35.5 Å². The van der Waals surface area contributed by atoms with E-state index in [1.807, 2.05) is 0 Å². The molecule has 0 amide bonds. The topological polar surface area (TPSA) is 9.23 Å². The minimum atomic E-state index is -0.826. The molecule has 0 N–H and O–H groups in total. The van der Waals surface area contributed by atoms with Crippen molar-refractivity contribution in [3.8, 4) is 5.75 Å². The van der Waals surface area contributed by atoms with Gasteiger partial charge < -0.3 is 4.74 Å². The molecule has 3 atom stereocenters. The Kier molecular flexibility index (Phi) is 12.0. The first-order valence-corrected chi connectivity index (χ1v) is 15.5. The normalized spacial score (nSPS) is 27.4. The van der Waals surface area contributed by atoms with Crippen molar-refractivity contribution in [3.63, 3.8) is 0 Å². The molecule has 0 bridgehead atoms. The molecule has 0 saturated heterocycles. The van der Waals surface area contributed by atoms with E-state index in [1.165, 1.54) is 70.6 Å². The Morgan fingerprint density at radius 3 is 2.00 bits per heavy atom. The van der Waals surface area contributed by atoms with Crippen LogP contribution in [0.3, 0.4) is 0 Å². The Balaban J connectivity index is 1.58. The van der Waals surface area contributed by atoms with Crippen LogP contribution in [0.1, 0.15) is 136 Å². The standard InChI is InChI=1S/C33H54F2O/c1-6-10-24-11-13-26(14-12-24)27-15-17-28(18-16-27)29(23(5)7-2)20-19-25(8-3)30-21-22-31(36-9-4)33(35)32(30)34/h21-29H,6-20H2,1-5H3. The number of ether oxygens (including phenoxy) is 1. The smallest absolute Gasteiger partial charge is 0.200 e. The van der Waals surface area contributed by atoms with Gasteiger partial charge in [-0.3, -0.25) is 0 Å². The van der Waals surface area contributed by atoms with Crippen LogP contribution in [0.4, 0.5) is 8.78 Å². The van der Waals surface area contributed by atoms with Crippen molar-refractivity contribution in [1.29, 1.82) is 0 Å². The van der Waals surface area contributed by atoms with Crippen LogP contribution in [-0.2, 0) is 0 Å². The van der Waals surface area contributed by atoms with Crippen LogP contribution in [0.5, 0.6) is 5.75 Å². The van der Waals surface area contributed by atoms with Gasteiger partial charge in [0.1, 0.15) is 0 Å². The zero-order chi connectivity index (χ0) is 26.1. The van der Waals surface area contributed by atoms with Gasteiger partial charge >= 0.3 is 0 Å². The molecular weight excluding hydrogens is 450 g/mol. The SMILES string of the molecule is CCCC1CCC(C2CCC(C(CCC(CC)c3ccc(OCC)c(F)c3F)C(C)CC)CC2)CC1. The summed E-state index contributed by atoms with van der Waals surface area (Å²) >= 11 is 0. The second-order valence-electron chi connectivity index (χ2n) is 12.2. The van der Waals surface area contributed by atoms with Crippen LogP contribution in [-0.4, -0.2) is 6.61 Å². The molecule has 1 aromatic carbocycles. The largest absolute Gasteiger partial charge is 0.491 e. The van der Waals surface area contributed by atoms with E-state index in [2.05, 4.69) is 27.7 Å². The number of benzene rings is 1. The summed E-state index contributed by atoms with van der Waals surface area (Å²) in [6.07, 6.45) is 18.3. The Morgan fingerprint density at radius 2 is 1.44 bits per heavy atom. The van der Waals surface area contributed by atoms with Crippen molar-refractivity contribution < 1.29 is 13.5 Å². The van der Waals surface area contributed by atoms with Crippen LogP contribution in [0.25, 0.3) is 0 Å². The van der Waals surface area contributed by atoms with E-state index in [9.17, 15) is 8.78 Å². The second kappa shape index (κ2) is 14.7. The molecule has 3 unspecified atom stereocenters. The van der Waals surface area contributed by atoms with E-state index in [1.54, 1.807) is 19.1 Å². The molecule has 36 heavy (non-hydrogen) atoms. The maximum absolute atomic E-state index is 15.0. The van der Waals surface area contributed by atoms with E-state index in [4.69, 9.17) is 4.74 Å². The van der Waals surface area contributed by atoms with Crippen LogP contribution in [0, 0.1) is 47.1 Å². The fourth-order valence-corrected chi connectivity index (χ4v) is 7.79. The number of halogens is 2. The highest BCUT2D eigenvalue weighted by Gasteiger charge is 2.35. The maximum Gasteiger partial charge on any atom is 0.200 e. The first-order valence-electron chi connectivity index (χ1n) is 15.5. The lowest BCUT2D eigenvalue weighted by molar-refractivity contribution is 0.0999. The van der Waals surface area contributed by atoms with E-state index in [0.29, 0.717) is 24.0 Å². The predicted molar refractivity (Wildman–Crippen MR) is 149 cm³/mol. The third-order valence-electron chi connectivity index (χ3n) is 10.2. The summed E-state index contributed by atoms with van der Waals surface area (Å²) < 4.78 is 34.8. The van der Waals surface area contributed by atoms with E-state index in [0.717, 1.165) is 42.9 Å². The van der Waals surface area contributed by atoms with Crippen molar-refractivity contribution >= 4 is 0 Å². The van der Waals surface area contributed by atoms with Gasteiger partial charge in [0.2, 0.25) is 5.82 Å². The molecule has 0 heterocycles. The third kappa shape index (κ3) is 7.47. The van der Waals surface area contributed by atoms with E-state index < -0.39 is 11.6 Å². The number of hydrogen-bond acceptors (Lipinski definition) is 1. The summed E-state index contributed by atoms with van der Waals surface area (Å²) in [5.41, 5.74) is 0.531. The molecule has 2 aliphatic carbocycles. The van der Waals surface area contributed by atoms with Crippen molar-refractivity contribution in [2.45, 2.75) is 130 Å². The fourth-order valence-electron chi connectivity index (χ4n) is 7.79. The lowest BCUT2D eigenvalue weighted by atomic mass is 9.64. The van der Waals surface area contributed by atoms with Crippen molar-refractivity contribution in [2.75, 3.05) is 6.61 Å². The lowest BCUT2D eigenvalue weighted by Crippen LogP contribution is -2.30. The molecule has 1 nitrogen and oxygen atoms in total. The van der Waals surface area contributed by atoms with Gasteiger partial charge in [-0.2, -0.15) is 4.39 Å². The molecule has 3 rings (SSSR count). The molecule has 2 saturated carbocycles. The van der Waals surface area contributed by atoms with Crippen LogP contribution < -0.4 is 4.74 Å². The van der Waals surface area contributed by atoms with Crippen molar-refractivity contribution in [1.82, 2.24) is 0 Å². The van der Waals surface area contributed by atoms with Crippen LogP contribution in [0.2, 0.25) is 0 Å². The van der Waals surface area contributed by atoms with E-state index >= 15 is 0 Å². The Hall–Kier alpha value is -1.12. The Morgan fingerprint density at radius 1 is 0.806 bits per heavy atom. The Labute approximate surface area is 221 Å². The zero-order valence-electron chi connectivity index (χ0n) is 24.0. The summed E-state index contributed by atoms with van der Waals surface area (Å²) in [5, 5.41) is 0. The van der Waals surface area contributed by atoms with Gasteiger partial charge in [-0.25, -0.2) is 4.39 Å². The first kappa shape index (κ1) is 29.4. The van der Waals surface area contributed by atoms with Gasteiger partial charge in [-0.1, -0.05) is 65.9 Å².